The Morgan fingerprint density at radius 1 is 0.927 bits per heavy atom. The second-order valence-electron chi connectivity index (χ2n) is 11.8. The zero-order valence-corrected chi connectivity index (χ0v) is 23.3. The van der Waals surface area contributed by atoms with E-state index in [0.29, 0.717) is 60.3 Å². The molecule has 4 heterocycles. The number of piperidine rings is 1. The summed E-state index contributed by atoms with van der Waals surface area (Å²) >= 11 is 0. The zero-order chi connectivity index (χ0) is 27.8. The normalized spacial score (nSPS) is 23.1. The molecule has 4 aromatic rings. The van der Waals surface area contributed by atoms with Crippen LogP contribution in [0.2, 0.25) is 0 Å². The van der Waals surface area contributed by atoms with Gasteiger partial charge in [-0.05, 0) is 61.3 Å². The van der Waals surface area contributed by atoms with Gasteiger partial charge >= 0.3 is 0 Å². The minimum Gasteiger partial charge on any atom is -0.378 e. The highest BCUT2D eigenvalue weighted by molar-refractivity contribution is 5.78. The molecule has 1 spiro atoms. The first-order chi connectivity index (χ1) is 20.1. The van der Waals surface area contributed by atoms with Gasteiger partial charge in [-0.2, -0.15) is 0 Å². The molecule has 0 bridgehead atoms. The third kappa shape index (κ3) is 5.45. The van der Waals surface area contributed by atoms with Gasteiger partial charge < -0.3 is 9.64 Å². The minimum atomic E-state index is -2.72. The summed E-state index contributed by atoms with van der Waals surface area (Å²) in [6.45, 7) is 5.98. The fourth-order valence-corrected chi connectivity index (χ4v) is 6.96. The van der Waals surface area contributed by atoms with Crippen molar-refractivity contribution in [1.82, 2.24) is 24.4 Å². The lowest BCUT2D eigenvalue weighted by Gasteiger charge is -2.34. The molecule has 0 N–H and O–H groups in total. The number of likely N-dealkylation sites (tertiary alicyclic amines) is 1. The van der Waals surface area contributed by atoms with Crippen LogP contribution >= 0.6 is 0 Å². The molecule has 7 rings (SSSR count). The van der Waals surface area contributed by atoms with E-state index in [-0.39, 0.29) is 5.82 Å². The molecule has 2 aromatic carbocycles. The van der Waals surface area contributed by atoms with Crippen LogP contribution in [-0.4, -0.2) is 63.8 Å². The third-order valence-electron chi connectivity index (χ3n) is 9.10. The standard InChI is InChI=1S/C32H36F2N6O/c33-30(34)31-35-25-9-4-5-10-26(25)40(31)29-19-28(39-15-17-41-18-16-39)36-27(37-29)12-11-24-20-32(24)13-6-14-38(22-32)21-23-7-2-1-3-8-23/h1-5,7-10,19,24,30H,6,11-18,20-22H2/t24-,32-/m0/s1. The van der Waals surface area contributed by atoms with Gasteiger partial charge in [0.1, 0.15) is 17.5 Å². The van der Waals surface area contributed by atoms with E-state index in [1.807, 2.05) is 24.3 Å². The SMILES string of the molecule is FC(F)c1nc2ccccc2n1-c1cc(N2CCOCC2)nc(CC[C@H]2C[C@]23CCCN(Cc2ccccc2)C3)n1. The summed E-state index contributed by atoms with van der Waals surface area (Å²) < 4.78 is 35.4. The summed E-state index contributed by atoms with van der Waals surface area (Å²) in [6.07, 6.45) is 2.78. The Kier molecular flexibility index (Phi) is 7.16. The van der Waals surface area contributed by atoms with Gasteiger partial charge in [0.05, 0.1) is 24.2 Å². The lowest BCUT2D eigenvalue weighted by molar-refractivity contribution is 0.122. The van der Waals surface area contributed by atoms with E-state index in [2.05, 4.69) is 45.1 Å². The Labute approximate surface area is 239 Å². The highest BCUT2D eigenvalue weighted by Gasteiger charge is 2.54. The van der Waals surface area contributed by atoms with Gasteiger partial charge in [0.25, 0.3) is 6.43 Å². The molecule has 2 aliphatic heterocycles. The average Bonchev–Trinajstić information content (AvgIpc) is 3.49. The molecule has 2 aromatic heterocycles. The molecule has 0 unspecified atom stereocenters. The number of imidazole rings is 1. The quantitative estimate of drug-likeness (QED) is 0.272. The summed E-state index contributed by atoms with van der Waals surface area (Å²) in [5.74, 6) is 2.29. The van der Waals surface area contributed by atoms with Crippen molar-refractivity contribution in [3.63, 3.8) is 0 Å². The maximum Gasteiger partial charge on any atom is 0.296 e. The maximum atomic E-state index is 14.2. The summed E-state index contributed by atoms with van der Waals surface area (Å²) in [5, 5.41) is 0. The van der Waals surface area contributed by atoms with Crippen molar-refractivity contribution >= 4 is 16.9 Å². The number of rotatable bonds is 8. The van der Waals surface area contributed by atoms with Gasteiger partial charge in [-0.1, -0.05) is 42.5 Å². The van der Waals surface area contributed by atoms with Crippen LogP contribution in [0.1, 0.15) is 49.3 Å². The number of nitrogens with zero attached hydrogens (tertiary/aromatic N) is 6. The fourth-order valence-electron chi connectivity index (χ4n) is 6.96. The molecule has 2 saturated heterocycles. The Balaban J connectivity index is 1.13. The van der Waals surface area contributed by atoms with Gasteiger partial charge in [-0.3, -0.25) is 9.47 Å². The van der Waals surface area contributed by atoms with Gasteiger partial charge in [-0.25, -0.2) is 23.7 Å². The highest BCUT2D eigenvalue weighted by atomic mass is 19.3. The van der Waals surface area contributed by atoms with Crippen LogP contribution in [0.3, 0.4) is 0 Å². The van der Waals surface area contributed by atoms with Gasteiger partial charge in [0.2, 0.25) is 0 Å². The van der Waals surface area contributed by atoms with Crippen LogP contribution in [0.25, 0.3) is 16.9 Å². The topological polar surface area (TPSA) is 59.3 Å². The number of hydrogen-bond donors (Lipinski definition) is 0. The lowest BCUT2D eigenvalue weighted by Crippen LogP contribution is -2.37. The van der Waals surface area contributed by atoms with E-state index in [9.17, 15) is 8.78 Å². The molecule has 1 aliphatic carbocycles. The van der Waals surface area contributed by atoms with Crippen LogP contribution < -0.4 is 4.90 Å². The Morgan fingerprint density at radius 3 is 2.54 bits per heavy atom. The number of halogens is 2. The van der Waals surface area contributed by atoms with E-state index >= 15 is 0 Å². The lowest BCUT2D eigenvalue weighted by atomic mass is 9.90. The molecule has 0 radical (unpaired) electrons. The molecule has 0 amide bonds. The van der Waals surface area contributed by atoms with Crippen molar-refractivity contribution in [1.29, 1.82) is 0 Å². The van der Waals surface area contributed by atoms with Gasteiger partial charge in [0.15, 0.2) is 5.82 Å². The number of morpholine rings is 1. The Morgan fingerprint density at radius 2 is 1.71 bits per heavy atom. The van der Waals surface area contributed by atoms with E-state index in [1.54, 1.807) is 6.07 Å². The number of alkyl halides is 2. The maximum absolute atomic E-state index is 14.2. The molecular formula is C32H36F2N6O. The molecule has 9 heteroatoms. The van der Waals surface area contributed by atoms with E-state index in [0.717, 1.165) is 38.3 Å². The minimum absolute atomic E-state index is 0.286. The summed E-state index contributed by atoms with van der Waals surface area (Å²) in [5.41, 5.74) is 2.93. The summed E-state index contributed by atoms with van der Waals surface area (Å²) in [6, 6.07) is 19.8. The van der Waals surface area contributed by atoms with E-state index in [1.165, 1.54) is 29.4 Å². The molecule has 41 heavy (non-hydrogen) atoms. The van der Waals surface area contributed by atoms with Crippen LogP contribution in [0.4, 0.5) is 14.6 Å². The first-order valence-electron chi connectivity index (χ1n) is 14.8. The largest absolute Gasteiger partial charge is 0.378 e. The number of fused-ring (bicyclic) bond motifs is 1. The number of ether oxygens (including phenoxy) is 1. The monoisotopic (exact) mass is 558 g/mol. The number of aryl methyl sites for hydroxylation is 1. The molecule has 3 fully saturated rings. The predicted molar refractivity (Wildman–Crippen MR) is 154 cm³/mol. The Bertz CT molecular complexity index is 1500. The van der Waals surface area contributed by atoms with Crippen molar-refractivity contribution in [3.05, 3.63) is 77.9 Å². The first-order valence-corrected chi connectivity index (χ1v) is 14.8. The second kappa shape index (κ2) is 11.1. The number of hydrogen-bond acceptors (Lipinski definition) is 6. The van der Waals surface area contributed by atoms with Crippen molar-refractivity contribution in [2.24, 2.45) is 11.3 Å². The predicted octanol–water partition coefficient (Wildman–Crippen LogP) is 5.82. The number of anilines is 1. The van der Waals surface area contributed by atoms with Crippen LogP contribution in [0.5, 0.6) is 0 Å². The first kappa shape index (κ1) is 26.5. The number of para-hydroxylation sites is 2. The molecular weight excluding hydrogens is 522 g/mol. The van der Waals surface area contributed by atoms with Gasteiger partial charge in [-0.15, -0.1) is 0 Å². The van der Waals surface area contributed by atoms with Crippen LogP contribution in [-0.2, 0) is 17.7 Å². The smallest absolute Gasteiger partial charge is 0.296 e. The molecule has 214 valence electrons. The summed E-state index contributed by atoms with van der Waals surface area (Å²) in [7, 11) is 0. The number of benzene rings is 2. The molecule has 1 saturated carbocycles. The average molecular weight is 559 g/mol. The van der Waals surface area contributed by atoms with Crippen molar-refractivity contribution in [3.8, 4) is 5.82 Å². The fraction of sp³-hybridized carbons (Fsp3) is 0.469. The second-order valence-corrected chi connectivity index (χ2v) is 11.8. The van der Waals surface area contributed by atoms with Crippen LogP contribution in [0, 0.1) is 11.3 Å². The molecule has 7 nitrogen and oxygen atoms in total. The number of aromatic nitrogens is 4. The van der Waals surface area contributed by atoms with Crippen molar-refractivity contribution < 1.29 is 13.5 Å². The van der Waals surface area contributed by atoms with Gasteiger partial charge in [0, 0.05) is 38.7 Å². The Hall–Kier alpha value is -3.43. The summed E-state index contributed by atoms with van der Waals surface area (Å²) in [4.78, 5) is 18.9. The van der Waals surface area contributed by atoms with E-state index < -0.39 is 6.43 Å². The zero-order valence-electron chi connectivity index (χ0n) is 23.3. The highest BCUT2D eigenvalue weighted by Crippen LogP contribution is 2.59. The van der Waals surface area contributed by atoms with E-state index in [4.69, 9.17) is 14.7 Å². The third-order valence-corrected chi connectivity index (χ3v) is 9.10. The van der Waals surface area contributed by atoms with Crippen molar-refractivity contribution in [2.45, 2.75) is 45.1 Å². The van der Waals surface area contributed by atoms with Crippen molar-refractivity contribution in [2.75, 3.05) is 44.3 Å². The van der Waals surface area contributed by atoms with Crippen LogP contribution in [0.15, 0.2) is 60.7 Å². The molecule has 3 aliphatic rings. The molecule has 2 atom stereocenters.